The molecule has 1 aromatic carbocycles. The van der Waals surface area contributed by atoms with Gasteiger partial charge >= 0.3 is 0 Å². The van der Waals surface area contributed by atoms with Crippen molar-refractivity contribution in [3.63, 3.8) is 0 Å². The molecule has 0 radical (unpaired) electrons. The molecular weight excluding hydrogens is 775 g/mol. The minimum Gasteiger partial charge on any atom is -0.611 e. The van der Waals surface area contributed by atoms with Crippen molar-refractivity contribution in [1.82, 2.24) is 34.3 Å². The molecule has 11 nitrogen and oxygen atoms in total. The maximum absolute atomic E-state index is 14.5. The second-order valence-electron chi connectivity index (χ2n) is 13.7. The molecule has 0 saturated heterocycles. The summed E-state index contributed by atoms with van der Waals surface area (Å²) in [6.07, 6.45) is 13.8. The van der Waals surface area contributed by atoms with Crippen LogP contribution in [0, 0.1) is 0 Å². The number of nitrogen functional groups attached to an aromatic ring is 2. The second kappa shape index (κ2) is 13.5. The molecule has 7 heterocycles. The van der Waals surface area contributed by atoms with Crippen LogP contribution < -0.4 is 11.5 Å². The number of pyridine rings is 2. The van der Waals surface area contributed by atoms with Gasteiger partial charge in [0.15, 0.2) is 0 Å². The second-order valence-corrected chi connectivity index (χ2v) is 20.4. The predicted molar refractivity (Wildman–Crippen MR) is 221 cm³/mol. The number of hydrogen-bond donors (Lipinski definition) is 2. The minimum atomic E-state index is -1.41. The summed E-state index contributed by atoms with van der Waals surface area (Å²) in [6, 6.07) is 14.1. The third-order valence-corrected chi connectivity index (χ3v) is 18.0. The number of fused-ring (bicyclic) bond motifs is 2. The van der Waals surface area contributed by atoms with Crippen molar-refractivity contribution >= 4 is 88.2 Å². The highest BCUT2D eigenvalue weighted by Gasteiger charge is 2.45. The molecule has 0 spiro atoms. The first-order valence-corrected chi connectivity index (χ1v) is 22.5. The van der Waals surface area contributed by atoms with Crippen molar-refractivity contribution in [1.29, 1.82) is 0 Å². The third-order valence-electron chi connectivity index (χ3n) is 10.6. The van der Waals surface area contributed by atoms with Gasteiger partial charge in [-0.3, -0.25) is 4.68 Å². The molecule has 0 amide bonds. The van der Waals surface area contributed by atoms with Crippen LogP contribution in [0.1, 0.15) is 38.1 Å². The van der Waals surface area contributed by atoms with E-state index in [0.717, 1.165) is 101 Å². The first-order valence-electron chi connectivity index (χ1n) is 17.6. The summed E-state index contributed by atoms with van der Waals surface area (Å²) in [6.45, 7) is 0. The van der Waals surface area contributed by atoms with Crippen LogP contribution in [0.25, 0.3) is 64.8 Å². The Labute approximate surface area is 328 Å². The highest BCUT2D eigenvalue weighted by molar-refractivity contribution is 7.94. The van der Waals surface area contributed by atoms with Crippen LogP contribution in [0.2, 0.25) is 0 Å². The van der Waals surface area contributed by atoms with Gasteiger partial charge in [-0.25, -0.2) is 19.9 Å². The number of aryl methyl sites for hydroxylation is 1. The van der Waals surface area contributed by atoms with E-state index in [1.54, 1.807) is 12.5 Å². The molecule has 0 bridgehead atoms. The number of hydrogen-bond acceptors (Lipinski definition) is 12. The van der Waals surface area contributed by atoms with Gasteiger partial charge in [-0.15, -0.1) is 11.3 Å². The topological polar surface area (TPSA) is 172 Å². The van der Waals surface area contributed by atoms with Gasteiger partial charge in [-0.2, -0.15) is 5.10 Å². The lowest BCUT2D eigenvalue weighted by Crippen LogP contribution is -2.40. The number of nitrogens with two attached hydrogens (primary N) is 2. The third kappa shape index (κ3) is 5.57. The zero-order valence-corrected chi connectivity index (χ0v) is 33.0. The molecule has 54 heavy (non-hydrogen) atoms. The quantitative estimate of drug-likeness (QED) is 0.136. The Balaban J connectivity index is 0.992. The normalized spacial score (nSPS) is 18.6. The fraction of sp³-hybridized carbons (Fsp3) is 0.237. The average molecular weight is 808 g/mol. The number of imidazole rings is 1. The van der Waals surface area contributed by atoms with E-state index in [-0.39, 0.29) is 16.5 Å². The van der Waals surface area contributed by atoms with E-state index in [2.05, 4.69) is 28.2 Å². The Kier molecular flexibility index (Phi) is 8.54. The molecule has 8 aromatic rings. The fourth-order valence-electron chi connectivity index (χ4n) is 7.30. The monoisotopic (exact) mass is 807 g/mol. The first-order chi connectivity index (χ1) is 26.3. The Bertz CT molecular complexity index is 2660. The van der Waals surface area contributed by atoms with Crippen molar-refractivity contribution in [2.45, 2.75) is 57.1 Å². The van der Waals surface area contributed by atoms with E-state index in [1.165, 1.54) is 34.0 Å². The van der Waals surface area contributed by atoms with Crippen LogP contribution in [-0.4, -0.2) is 53.9 Å². The molecule has 2 fully saturated rings. The standard InChI is InChI=1S/C38H33N9O2S5/c1-46-19-41-17-28(46)24-15-26(34-42-12-13-50-34)45-36-31(24)33(40)38(52-36)54(49)29-11-10-27(29)47-18-21(16-43-47)25-14-23(20-6-3-2-4-7-20)30-32(39)37(51-35(30)44-25)53(48)22-8-5-9-22/h2-4,6-7,12-19,22,27,29H,5,8-11,39-40H2,1H3. The average Bonchev–Trinajstić information content (AvgIpc) is 3.99. The van der Waals surface area contributed by atoms with Crippen molar-refractivity contribution in [3.8, 4) is 44.3 Å². The van der Waals surface area contributed by atoms with Crippen molar-refractivity contribution in [3.05, 3.63) is 79.0 Å². The van der Waals surface area contributed by atoms with E-state index in [1.807, 2.05) is 64.5 Å². The summed E-state index contributed by atoms with van der Waals surface area (Å²) in [5.74, 6) is 0. The van der Waals surface area contributed by atoms with E-state index >= 15 is 0 Å². The molecule has 2 aliphatic rings. The molecule has 4 unspecified atom stereocenters. The summed E-state index contributed by atoms with van der Waals surface area (Å²) in [4.78, 5) is 20.4. The van der Waals surface area contributed by atoms with E-state index in [9.17, 15) is 9.11 Å². The molecule has 4 atom stereocenters. The SMILES string of the molecule is Cn1cncc1-c1cc(-c2nccs2)nc2sc([S+]([O-])C3CCC3n3cc(-c4cc(-c5ccccc5)c5c(N)c([S+]([O-])C6CCC6)sc5n4)cn3)c(N)c12. The van der Waals surface area contributed by atoms with Crippen LogP contribution in [0.5, 0.6) is 0 Å². The summed E-state index contributed by atoms with van der Waals surface area (Å²) in [5, 5.41) is 9.14. The molecule has 10 rings (SSSR count). The fourth-order valence-corrected chi connectivity index (χ4v) is 14.4. The molecular formula is C38H33N9O2S5. The Morgan fingerprint density at radius 3 is 2.20 bits per heavy atom. The highest BCUT2D eigenvalue weighted by atomic mass is 32.2. The number of benzene rings is 1. The zero-order valence-electron chi connectivity index (χ0n) is 28.9. The van der Waals surface area contributed by atoms with Crippen LogP contribution in [-0.2, 0) is 29.4 Å². The molecule has 272 valence electrons. The summed E-state index contributed by atoms with van der Waals surface area (Å²) >= 11 is 1.78. The maximum Gasteiger partial charge on any atom is 0.232 e. The van der Waals surface area contributed by atoms with Crippen molar-refractivity contribution in [2.75, 3.05) is 11.5 Å². The Morgan fingerprint density at radius 2 is 1.56 bits per heavy atom. The van der Waals surface area contributed by atoms with E-state index in [4.69, 9.17) is 26.5 Å². The van der Waals surface area contributed by atoms with E-state index < -0.39 is 22.4 Å². The van der Waals surface area contributed by atoms with Crippen LogP contribution >= 0.6 is 34.0 Å². The number of anilines is 2. The summed E-state index contributed by atoms with van der Waals surface area (Å²) in [7, 11) is 1.94. The highest BCUT2D eigenvalue weighted by Crippen LogP contribution is 2.49. The molecule has 16 heteroatoms. The Hall–Kier alpha value is -4.29. The molecule has 2 aliphatic carbocycles. The van der Waals surface area contributed by atoms with Gasteiger partial charge in [0.2, 0.25) is 8.42 Å². The lowest BCUT2D eigenvalue weighted by molar-refractivity contribution is 0.291. The maximum atomic E-state index is 14.5. The number of thiophene rings is 2. The molecule has 0 aliphatic heterocycles. The summed E-state index contributed by atoms with van der Waals surface area (Å²) < 4.78 is 33.2. The van der Waals surface area contributed by atoms with Gasteiger partial charge < -0.3 is 25.1 Å². The zero-order chi connectivity index (χ0) is 36.7. The first kappa shape index (κ1) is 34.2. The van der Waals surface area contributed by atoms with Crippen LogP contribution in [0.4, 0.5) is 11.4 Å². The number of rotatable bonds is 9. The summed E-state index contributed by atoms with van der Waals surface area (Å²) in [5.41, 5.74) is 20.8. The van der Waals surface area contributed by atoms with Crippen LogP contribution in [0.3, 0.4) is 0 Å². The lowest BCUT2D eigenvalue weighted by Gasteiger charge is -2.36. The van der Waals surface area contributed by atoms with Gasteiger partial charge in [-0.05, 0) is 55.4 Å². The van der Waals surface area contributed by atoms with Crippen molar-refractivity contribution < 1.29 is 9.11 Å². The number of aromatic nitrogens is 7. The largest absolute Gasteiger partial charge is 0.611 e. The molecule has 2 saturated carbocycles. The molecule has 4 N–H and O–H groups in total. The number of thiazole rings is 1. The van der Waals surface area contributed by atoms with E-state index in [0.29, 0.717) is 15.6 Å². The van der Waals surface area contributed by atoms with Gasteiger partial charge in [-0.1, -0.05) is 53.0 Å². The van der Waals surface area contributed by atoms with Gasteiger partial charge in [0.05, 0.1) is 36.2 Å². The minimum absolute atomic E-state index is 0.0780. The molecule has 7 aromatic heterocycles. The van der Waals surface area contributed by atoms with Gasteiger partial charge in [0, 0.05) is 69.1 Å². The van der Waals surface area contributed by atoms with Gasteiger partial charge in [0.25, 0.3) is 0 Å². The predicted octanol–water partition coefficient (Wildman–Crippen LogP) is 8.30. The van der Waals surface area contributed by atoms with Gasteiger partial charge in [0.1, 0.15) is 42.2 Å². The number of nitrogens with zero attached hydrogens (tertiary/aromatic N) is 7. The Morgan fingerprint density at radius 1 is 0.833 bits per heavy atom. The van der Waals surface area contributed by atoms with Crippen molar-refractivity contribution in [2.24, 2.45) is 7.05 Å². The smallest absolute Gasteiger partial charge is 0.232 e. The van der Waals surface area contributed by atoms with Crippen LogP contribution in [0.15, 0.2) is 87.4 Å². The lowest BCUT2D eigenvalue weighted by atomic mass is 9.92.